The fraction of sp³-hybridized carbons (Fsp3) is 0.273. The van der Waals surface area contributed by atoms with Crippen LogP contribution in [-0.2, 0) is 10.8 Å². The van der Waals surface area contributed by atoms with E-state index < -0.39 is 10.8 Å². The number of rotatable bonds is 4. The molecule has 0 radical (unpaired) electrons. The third-order valence-corrected chi connectivity index (χ3v) is 3.56. The molecule has 0 aliphatic carbocycles. The molecule has 0 aliphatic heterocycles. The van der Waals surface area contributed by atoms with Crippen LogP contribution in [0.3, 0.4) is 0 Å². The van der Waals surface area contributed by atoms with Gasteiger partial charge in [0.1, 0.15) is 10.9 Å². The predicted octanol–water partition coefficient (Wildman–Crippen LogP) is 1.88. The second-order valence-corrected chi connectivity index (χ2v) is 5.04. The van der Waals surface area contributed by atoms with Crippen molar-refractivity contribution < 1.29 is 4.21 Å². The van der Waals surface area contributed by atoms with Crippen molar-refractivity contribution in [3.63, 3.8) is 0 Å². The van der Waals surface area contributed by atoms with Crippen LogP contribution < -0.4 is 0 Å². The summed E-state index contributed by atoms with van der Waals surface area (Å²) in [6.45, 7) is 3.68. The van der Waals surface area contributed by atoms with Gasteiger partial charge in [-0.15, -0.1) is 11.7 Å². The SMILES string of the molecule is C=CCC(n1nnc2ccccc21)S(C)=O. The summed E-state index contributed by atoms with van der Waals surface area (Å²) in [4.78, 5) is 0. The summed E-state index contributed by atoms with van der Waals surface area (Å²) < 4.78 is 13.4. The van der Waals surface area contributed by atoms with Gasteiger partial charge in [0, 0.05) is 17.1 Å². The molecule has 0 fully saturated rings. The molecule has 2 unspecified atom stereocenters. The largest absolute Gasteiger partial charge is 0.258 e. The van der Waals surface area contributed by atoms with Crippen molar-refractivity contribution in [2.24, 2.45) is 0 Å². The van der Waals surface area contributed by atoms with Gasteiger partial charge in [-0.25, -0.2) is 4.68 Å². The summed E-state index contributed by atoms with van der Waals surface area (Å²) in [5.74, 6) is 0. The molecule has 1 aromatic carbocycles. The van der Waals surface area contributed by atoms with E-state index in [0.717, 1.165) is 11.0 Å². The Morgan fingerprint density at radius 3 is 3.00 bits per heavy atom. The lowest BCUT2D eigenvalue weighted by Crippen LogP contribution is -2.14. The number of hydrogen-bond donors (Lipinski definition) is 0. The summed E-state index contributed by atoms with van der Waals surface area (Å²) >= 11 is 0. The lowest BCUT2D eigenvalue weighted by molar-refractivity contribution is 0.572. The molecule has 0 aliphatic rings. The molecule has 4 nitrogen and oxygen atoms in total. The highest BCUT2D eigenvalue weighted by Crippen LogP contribution is 2.20. The molecule has 2 rings (SSSR count). The summed E-state index contributed by atoms with van der Waals surface area (Å²) in [5, 5.41) is 7.92. The summed E-state index contributed by atoms with van der Waals surface area (Å²) in [5.41, 5.74) is 1.73. The minimum atomic E-state index is -0.999. The van der Waals surface area contributed by atoms with Crippen molar-refractivity contribution in [3.05, 3.63) is 36.9 Å². The normalized spacial score (nSPS) is 14.8. The first-order valence-corrected chi connectivity index (χ1v) is 6.59. The number of allylic oxidation sites excluding steroid dienone is 1. The number of nitrogens with zero attached hydrogens (tertiary/aromatic N) is 3. The van der Waals surface area contributed by atoms with Crippen molar-refractivity contribution >= 4 is 21.8 Å². The minimum absolute atomic E-state index is 0.190. The molecule has 2 atom stereocenters. The van der Waals surface area contributed by atoms with E-state index in [4.69, 9.17) is 0 Å². The third-order valence-electron chi connectivity index (χ3n) is 2.40. The molecule has 0 saturated carbocycles. The fourth-order valence-corrected chi connectivity index (χ4v) is 2.46. The van der Waals surface area contributed by atoms with E-state index >= 15 is 0 Å². The predicted molar refractivity (Wildman–Crippen MR) is 65.4 cm³/mol. The van der Waals surface area contributed by atoms with Gasteiger partial charge in [-0.1, -0.05) is 23.4 Å². The molecule has 0 bridgehead atoms. The van der Waals surface area contributed by atoms with Crippen molar-refractivity contribution in [2.75, 3.05) is 6.26 Å². The Balaban J connectivity index is 2.52. The Bertz CT molecular complexity index is 535. The number of benzene rings is 1. The molecule has 0 saturated heterocycles. The maximum atomic E-state index is 11.7. The molecule has 2 aromatic rings. The average molecular weight is 235 g/mol. The highest BCUT2D eigenvalue weighted by atomic mass is 32.2. The quantitative estimate of drug-likeness (QED) is 0.760. The van der Waals surface area contributed by atoms with Crippen LogP contribution in [0, 0.1) is 0 Å². The van der Waals surface area contributed by atoms with E-state index in [1.165, 1.54) is 0 Å². The summed E-state index contributed by atoms with van der Waals surface area (Å²) in [6, 6.07) is 7.65. The fourth-order valence-electron chi connectivity index (χ4n) is 1.62. The van der Waals surface area contributed by atoms with Gasteiger partial charge < -0.3 is 0 Å². The van der Waals surface area contributed by atoms with Crippen LogP contribution in [0.5, 0.6) is 0 Å². The van der Waals surface area contributed by atoms with Gasteiger partial charge in [0.15, 0.2) is 0 Å². The van der Waals surface area contributed by atoms with Crippen LogP contribution >= 0.6 is 0 Å². The summed E-state index contributed by atoms with van der Waals surface area (Å²) in [7, 11) is -0.999. The Hall–Kier alpha value is -1.49. The molecule has 0 spiro atoms. The first-order chi connectivity index (χ1) is 7.74. The Morgan fingerprint density at radius 2 is 2.31 bits per heavy atom. The first kappa shape index (κ1) is 11.0. The minimum Gasteiger partial charge on any atom is -0.258 e. The van der Waals surface area contributed by atoms with Crippen LogP contribution in [0.1, 0.15) is 11.8 Å². The lowest BCUT2D eigenvalue weighted by atomic mass is 10.3. The van der Waals surface area contributed by atoms with E-state index in [2.05, 4.69) is 16.9 Å². The number of aromatic nitrogens is 3. The third kappa shape index (κ3) is 1.90. The molecule has 84 valence electrons. The molecular weight excluding hydrogens is 222 g/mol. The topological polar surface area (TPSA) is 47.8 Å². The second kappa shape index (κ2) is 4.57. The molecule has 16 heavy (non-hydrogen) atoms. The molecule has 0 amide bonds. The monoisotopic (exact) mass is 235 g/mol. The van der Waals surface area contributed by atoms with Gasteiger partial charge in [-0.3, -0.25) is 4.21 Å². The zero-order valence-electron chi connectivity index (χ0n) is 9.04. The zero-order chi connectivity index (χ0) is 11.5. The maximum Gasteiger partial charge on any atom is 0.132 e. The van der Waals surface area contributed by atoms with Crippen molar-refractivity contribution in [2.45, 2.75) is 11.8 Å². The van der Waals surface area contributed by atoms with E-state index in [1.54, 1.807) is 17.0 Å². The zero-order valence-corrected chi connectivity index (χ0v) is 9.85. The van der Waals surface area contributed by atoms with E-state index in [0.29, 0.717) is 6.42 Å². The van der Waals surface area contributed by atoms with E-state index in [-0.39, 0.29) is 5.37 Å². The van der Waals surface area contributed by atoms with Crippen LogP contribution in [0.2, 0.25) is 0 Å². The standard InChI is InChI=1S/C11H13N3OS/c1-3-6-11(16(2)15)14-10-8-5-4-7-9(10)12-13-14/h3-5,7-8,11H,1,6H2,2H3. The number of para-hydroxylation sites is 1. The van der Waals surface area contributed by atoms with Gasteiger partial charge >= 0.3 is 0 Å². The molecule has 1 heterocycles. The van der Waals surface area contributed by atoms with Crippen molar-refractivity contribution in [1.29, 1.82) is 0 Å². The molecule has 0 N–H and O–H groups in total. The lowest BCUT2D eigenvalue weighted by Gasteiger charge is -2.12. The van der Waals surface area contributed by atoms with Crippen molar-refractivity contribution in [1.82, 2.24) is 15.0 Å². The van der Waals surface area contributed by atoms with Crippen LogP contribution in [0.25, 0.3) is 11.0 Å². The first-order valence-electron chi connectivity index (χ1n) is 4.97. The second-order valence-electron chi connectivity index (χ2n) is 3.50. The average Bonchev–Trinajstić information content (AvgIpc) is 2.69. The molecule has 1 aromatic heterocycles. The van der Waals surface area contributed by atoms with Gasteiger partial charge in [-0.2, -0.15) is 0 Å². The Morgan fingerprint density at radius 1 is 1.56 bits per heavy atom. The van der Waals surface area contributed by atoms with Crippen LogP contribution in [0.4, 0.5) is 0 Å². The van der Waals surface area contributed by atoms with Gasteiger partial charge in [0.25, 0.3) is 0 Å². The highest BCUT2D eigenvalue weighted by molar-refractivity contribution is 7.84. The van der Waals surface area contributed by atoms with Crippen molar-refractivity contribution in [3.8, 4) is 0 Å². The van der Waals surface area contributed by atoms with Crippen LogP contribution in [-0.4, -0.2) is 25.5 Å². The molecule has 5 heteroatoms. The Kier molecular flexibility index (Phi) is 3.14. The smallest absolute Gasteiger partial charge is 0.132 e. The number of fused-ring (bicyclic) bond motifs is 1. The van der Waals surface area contributed by atoms with Gasteiger partial charge in [0.2, 0.25) is 0 Å². The number of hydrogen-bond acceptors (Lipinski definition) is 3. The van der Waals surface area contributed by atoms with Gasteiger partial charge in [-0.05, 0) is 18.6 Å². The summed E-state index contributed by atoms with van der Waals surface area (Å²) in [6.07, 6.45) is 4.05. The van der Waals surface area contributed by atoms with E-state index in [1.807, 2.05) is 24.3 Å². The molecular formula is C11H13N3OS. The highest BCUT2D eigenvalue weighted by Gasteiger charge is 2.17. The maximum absolute atomic E-state index is 11.7. The van der Waals surface area contributed by atoms with Gasteiger partial charge in [0.05, 0.1) is 5.52 Å². The van der Waals surface area contributed by atoms with E-state index in [9.17, 15) is 4.21 Å². The Labute approximate surface area is 96.4 Å². The van der Waals surface area contributed by atoms with Crippen LogP contribution in [0.15, 0.2) is 36.9 Å².